The lowest BCUT2D eigenvalue weighted by Gasteiger charge is -2.18. The van der Waals surface area contributed by atoms with E-state index in [0.29, 0.717) is 16.0 Å². The van der Waals surface area contributed by atoms with Gasteiger partial charge in [0.1, 0.15) is 5.76 Å². The molecule has 0 aliphatic heterocycles. The Morgan fingerprint density at radius 1 is 1.19 bits per heavy atom. The number of anilines is 1. The van der Waals surface area contributed by atoms with Gasteiger partial charge >= 0.3 is 0 Å². The predicted molar refractivity (Wildman–Crippen MR) is 112 cm³/mol. The van der Waals surface area contributed by atoms with Crippen LogP contribution in [0, 0.1) is 13.8 Å². The smallest absolute Gasteiger partial charge is 0.234 e. The van der Waals surface area contributed by atoms with Crippen LogP contribution in [0.1, 0.15) is 21.8 Å². The number of furan rings is 1. The molecule has 0 fully saturated rings. The minimum atomic E-state index is -0.0302. The van der Waals surface area contributed by atoms with E-state index in [1.165, 1.54) is 33.8 Å². The van der Waals surface area contributed by atoms with Crippen LogP contribution < -0.4 is 4.90 Å². The minimum Gasteiger partial charge on any atom is -0.467 e. The number of aryl methyl sites for hydroxylation is 2. The number of carbonyl (C=O) groups is 1. The molecule has 0 unspecified atom stereocenters. The highest BCUT2D eigenvalue weighted by atomic mass is 35.5. The molecule has 0 radical (unpaired) electrons. The maximum Gasteiger partial charge on any atom is 0.234 e. The largest absolute Gasteiger partial charge is 0.467 e. The van der Waals surface area contributed by atoms with E-state index >= 15 is 0 Å². The maximum atomic E-state index is 13.1. The first-order valence-electron chi connectivity index (χ1n) is 8.44. The SMILES string of the molecule is Cc1cc2nc(N(Cc3ccco3)C(=O)Cc3ccc(Cl)s3)sc2cc1C. The molecule has 27 heavy (non-hydrogen) atoms. The number of aromatic nitrogens is 1. The molecule has 1 amide bonds. The summed E-state index contributed by atoms with van der Waals surface area (Å²) in [5.41, 5.74) is 3.32. The number of fused-ring (bicyclic) bond motifs is 1. The average molecular weight is 417 g/mol. The number of thiophene rings is 1. The van der Waals surface area contributed by atoms with Gasteiger partial charge in [0.15, 0.2) is 5.13 Å². The van der Waals surface area contributed by atoms with Crippen molar-refractivity contribution in [3.8, 4) is 0 Å². The molecule has 0 spiro atoms. The van der Waals surface area contributed by atoms with Gasteiger partial charge in [-0.05, 0) is 61.4 Å². The van der Waals surface area contributed by atoms with Crippen molar-refractivity contribution in [2.24, 2.45) is 0 Å². The molecule has 0 bridgehead atoms. The van der Waals surface area contributed by atoms with Gasteiger partial charge in [-0.1, -0.05) is 22.9 Å². The summed E-state index contributed by atoms with van der Waals surface area (Å²) in [6.45, 7) is 4.50. The van der Waals surface area contributed by atoms with E-state index in [4.69, 9.17) is 21.0 Å². The molecular weight excluding hydrogens is 400 g/mol. The van der Waals surface area contributed by atoms with Gasteiger partial charge in [-0.15, -0.1) is 11.3 Å². The fourth-order valence-electron chi connectivity index (χ4n) is 2.80. The van der Waals surface area contributed by atoms with Crippen molar-refractivity contribution in [2.45, 2.75) is 26.8 Å². The van der Waals surface area contributed by atoms with Gasteiger partial charge < -0.3 is 4.42 Å². The summed E-state index contributed by atoms with van der Waals surface area (Å²) in [4.78, 5) is 20.4. The highest BCUT2D eigenvalue weighted by Crippen LogP contribution is 2.32. The molecule has 138 valence electrons. The summed E-state index contributed by atoms with van der Waals surface area (Å²) >= 11 is 8.95. The van der Waals surface area contributed by atoms with E-state index in [0.717, 1.165) is 20.9 Å². The maximum absolute atomic E-state index is 13.1. The third kappa shape index (κ3) is 3.93. The van der Waals surface area contributed by atoms with Crippen LogP contribution in [-0.4, -0.2) is 10.9 Å². The van der Waals surface area contributed by atoms with Crippen molar-refractivity contribution < 1.29 is 9.21 Å². The number of benzene rings is 1. The predicted octanol–water partition coefficient (Wildman–Crippen LogP) is 6.00. The third-order valence-corrected chi connectivity index (χ3v) is 6.65. The van der Waals surface area contributed by atoms with Crippen molar-refractivity contribution in [3.05, 3.63) is 68.8 Å². The number of nitrogens with zero attached hydrogens (tertiary/aromatic N) is 2. The highest BCUT2D eigenvalue weighted by molar-refractivity contribution is 7.22. The van der Waals surface area contributed by atoms with Crippen molar-refractivity contribution in [3.63, 3.8) is 0 Å². The van der Waals surface area contributed by atoms with Gasteiger partial charge in [-0.3, -0.25) is 9.69 Å². The molecule has 0 atom stereocenters. The summed E-state index contributed by atoms with van der Waals surface area (Å²) in [5, 5.41) is 0.680. The highest BCUT2D eigenvalue weighted by Gasteiger charge is 2.22. The number of carbonyl (C=O) groups excluding carboxylic acids is 1. The van der Waals surface area contributed by atoms with Crippen LogP contribution in [0.2, 0.25) is 4.34 Å². The Morgan fingerprint density at radius 3 is 2.70 bits per heavy atom. The van der Waals surface area contributed by atoms with Gasteiger partial charge in [0.2, 0.25) is 5.91 Å². The summed E-state index contributed by atoms with van der Waals surface area (Å²) in [7, 11) is 0. The van der Waals surface area contributed by atoms with E-state index in [1.807, 2.05) is 24.3 Å². The summed E-state index contributed by atoms with van der Waals surface area (Å²) in [6.07, 6.45) is 1.90. The van der Waals surface area contributed by atoms with Crippen LogP contribution in [0.5, 0.6) is 0 Å². The van der Waals surface area contributed by atoms with E-state index in [9.17, 15) is 4.79 Å². The van der Waals surface area contributed by atoms with E-state index in [2.05, 4.69) is 26.0 Å². The van der Waals surface area contributed by atoms with Crippen LogP contribution >= 0.6 is 34.3 Å². The Balaban J connectivity index is 1.69. The second-order valence-corrected chi connectivity index (χ2v) is 9.15. The van der Waals surface area contributed by atoms with Crippen LogP contribution in [0.15, 0.2) is 47.1 Å². The third-order valence-electron chi connectivity index (χ3n) is 4.37. The van der Waals surface area contributed by atoms with Crippen LogP contribution in [0.3, 0.4) is 0 Å². The second kappa shape index (κ2) is 7.46. The van der Waals surface area contributed by atoms with Gasteiger partial charge in [-0.2, -0.15) is 0 Å². The number of thiazole rings is 1. The molecule has 1 aromatic carbocycles. The number of hydrogen-bond acceptors (Lipinski definition) is 5. The van der Waals surface area contributed by atoms with Crippen LogP contribution in [0.4, 0.5) is 5.13 Å². The zero-order chi connectivity index (χ0) is 19.0. The Hall–Kier alpha value is -2.15. The molecule has 0 N–H and O–H groups in total. The van der Waals surface area contributed by atoms with E-state index in [-0.39, 0.29) is 12.3 Å². The standard InChI is InChI=1S/C20H17ClN2O2S2/c1-12-8-16-17(9-13(12)2)27-20(22-16)23(11-14-4-3-7-25-14)19(24)10-15-5-6-18(21)26-15/h3-9H,10-11H2,1-2H3. The number of hydrogen-bond donors (Lipinski definition) is 0. The number of halogens is 1. The van der Waals surface area contributed by atoms with Gasteiger partial charge in [-0.25, -0.2) is 4.98 Å². The molecule has 4 rings (SSSR count). The van der Waals surface area contributed by atoms with Crippen LogP contribution in [0.25, 0.3) is 10.2 Å². The Kier molecular flexibility index (Phi) is 5.04. The first-order valence-corrected chi connectivity index (χ1v) is 10.5. The molecule has 7 heteroatoms. The molecule has 0 saturated carbocycles. The average Bonchev–Trinajstić information content (AvgIpc) is 3.35. The Morgan fingerprint density at radius 2 is 2.00 bits per heavy atom. The van der Waals surface area contributed by atoms with Crippen LogP contribution in [-0.2, 0) is 17.8 Å². The molecule has 0 aliphatic carbocycles. The molecule has 4 aromatic rings. The minimum absolute atomic E-state index is 0.0302. The first-order chi connectivity index (χ1) is 13.0. The first kappa shape index (κ1) is 18.2. The summed E-state index contributed by atoms with van der Waals surface area (Å²) in [5.74, 6) is 0.691. The normalized spacial score (nSPS) is 11.2. The second-order valence-electron chi connectivity index (χ2n) is 6.34. The molecular formula is C20H17ClN2O2S2. The fourth-order valence-corrected chi connectivity index (χ4v) is 4.94. The molecule has 3 heterocycles. The molecule has 4 nitrogen and oxygen atoms in total. The van der Waals surface area contributed by atoms with Crippen molar-refractivity contribution >= 4 is 55.5 Å². The topological polar surface area (TPSA) is 46.3 Å². The lowest BCUT2D eigenvalue weighted by molar-refractivity contribution is -0.118. The van der Waals surface area contributed by atoms with Crippen molar-refractivity contribution in [1.82, 2.24) is 4.98 Å². The van der Waals surface area contributed by atoms with Gasteiger partial charge in [0.25, 0.3) is 0 Å². The zero-order valence-electron chi connectivity index (χ0n) is 14.9. The van der Waals surface area contributed by atoms with Crippen molar-refractivity contribution in [1.29, 1.82) is 0 Å². The molecule has 3 aromatic heterocycles. The quantitative estimate of drug-likeness (QED) is 0.401. The summed E-state index contributed by atoms with van der Waals surface area (Å²) < 4.78 is 7.22. The number of amides is 1. The Bertz CT molecular complexity index is 1060. The van der Waals surface area contributed by atoms with Gasteiger partial charge in [0, 0.05) is 4.88 Å². The number of rotatable bonds is 5. The monoisotopic (exact) mass is 416 g/mol. The summed E-state index contributed by atoms with van der Waals surface area (Å²) in [6, 6.07) is 11.6. The fraction of sp³-hybridized carbons (Fsp3) is 0.200. The van der Waals surface area contributed by atoms with Crippen molar-refractivity contribution in [2.75, 3.05) is 4.90 Å². The van der Waals surface area contributed by atoms with E-state index in [1.54, 1.807) is 11.2 Å². The molecule has 0 saturated heterocycles. The van der Waals surface area contributed by atoms with Gasteiger partial charge in [0.05, 0.1) is 33.8 Å². The molecule has 0 aliphatic rings. The lowest BCUT2D eigenvalue weighted by Crippen LogP contribution is -2.31. The van der Waals surface area contributed by atoms with E-state index < -0.39 is 0 Å². The lowest BCUT2D eigenvalue weighted by atomic mass is 10.1. The zero-order valence-corrected chi connectivity index (χ0v) is 17.2. The Labute approximate surface area is 170 Å².